The largest absolute Gasteiger partial charge is 0.294 e. The molecular weight excluding hydrogens is 152 g/mol. The second kappa shape index (κ2) is 3.52. The first-order valence-electron chi connectivity index (χ1n) is 4.18. The maximum Gasteiger partial charge on any atom is 0.166 e. The number of aromatic nitrogens is 2. The highest BCUT2D eigenvalue weighted by molar-refractivity contribution is 5.96. The number of rotatable bonds is 3. The third-order valence-corrected chi connectivity index (χ3v) is 2.01. The Balaban J connectivity index is 2.88. The Labute approximate surface area is 72.4 Å². The van der Waals surface area contributed by atoms with E-state index < -0.39 is 0 Å². The van der Waals surface area contributed by atoms with Gasteiger partial charge in [0.1, 0.15) is 0 Å². The van der Waals surface area contributed by atoms with Crippen LogP contribution in [0.25, 0.3) is 0 Å². The number of carbonyl (C=O) groups excluding carboxylic acids is 1. The third kappa shape index (κ3) is 1.55. The first-order valence-corrected chi connectivity index (χ1v) is 4.18. The molecule has 0 amide bonds. The van der Waals surface area contributed by atoms with Gasteiger partial charge in [-0.25, -0.2) is 0 Å². The van der Waals surface area contributed by atoms with Crippen molar-refractivity contribution in [3.63, 3.8) is 0 Å². The minimum Gasteiger partial charge on any atom is -0.294 e. The molecule has 0 atom stereocenters. The minimum atomic E-state index is 0.197. The summed E-state index contributed by atoms with van der Waals surface area (Å²) in [4.78, 5) is 11.4. The molecule has 0 N–H and O–H groups in total. The molecule has 3 heteroatoms. The Morgan fingerprint density at radius 2 is 2.33 bits per heavy atom. The van der Waals surface area contributed by atoms with E-state index in [1.165, 1.54) is 0 Å². The van der Waals surface area contributed by atoms with Crippen molar-refractivity contribution >= 4 is 5.78 Å². The lowest BCUT2D eigenvalue weighted by atomic mass is 10.1. The number of Topliss-reactive ketones (excluding diaryl/α,β-unsaturated/α-hetero) is 1. The van der Waals surface area contributed by atoms with E-state index in [1.807, 2.05) is 20.9 Å². The maximum atomic E-state index is 11.4. The van der Waals surface area contributed by atoms with Crippen LogP contribution in [-0.4, -0.2) is 15.6 Å². The fourth-order valence-electron chi connectivity index (χ4n) is 1.13. The molecule has 0 aliphatic carbocycles. The van der Waals surface area contributed by atoms with E-state index in [0.717, 1.165) is 17.7 Å². The fourth-order valence-corrected chi connectivity index (χ4v) is 1.13. The lowest BCUT2D eigenvalue weighted by Gasteiger charge is -1.97. The molecule has 0 aliphatic rings. The lowest BCUT2D eigenvalue weighted by molar-refractivity contribution is 0.0981. The molecule has 0 fully saturated rings. The quantitative estimate of drug-likeness (QED) is 0.641. The normalized spacial score (nSPS) is 10.2. The Bertz CT molecular complexity index is 289. The second-order valence-electron chi connectivity index (χ2n) is 2.94. The summed E-state index contributed by atoms with van der Waals surface area (Å²) in [6.45, 7) is 3.92. The predicted molar refractivity (Wildman–Crippen MR) is 47.2 cm³/mol. The lowest BCUT2D eigenvalue weighted by Crippen LogP contribution is -2.00. The van der Waals surface area contributed by atoms with Gasteiger partial charge in [-0.05, 0) is 13.3 Å². The van der Waals surface area contributed by atoms with Crippen molar-refractivity contribution in [3.05, 3.63) is 17.5 Å². The van der Waals surface area contributed by atoms with Gasteiger partial charge in [0.15, 0.2) is 5.78 Å². The Kier molecular flexibility index (Phi) is 2.63. The summed E-state index contributed by atoms with van der Waals surface area (Å²) in [6.07, 6.45) is 3.16. The summed E-state index contributed by atoms with van der Waals surface area (Å²) < 4.78 is 1.73. The van der Waals surface area contributed by atoms with Crippen LogP contribution in [-0.2, 0) is 7.05 Å². The van der Waals surface area contributed by atoms with E-state index in [0.29, 0.717) is 6.42 Å². The zero-order valence-electron chi connectivity index (χ0n) is 7.79. The van der Waals surface area contributed by atoms with Crippen LogP contribution in [0, 0.1) is 6.92 Å². The first kappa shape index (κ1) is 8.97. The van der Waals surface area contributed by atoms with Crippen molar-refractivity contribution in [1.29, 1.82) is 0 Å². The van der Waals surface area contributed by atoms with Gasteiger partial charge in [-0.1, -0.05) is 6.92 Å². The molecule has 66 valence electrons. The monoisotopic (exact) mass is 166 g/mol. The Morgan fingerprint density at radius 3 is 2.75 bits per heavy atom. The van der Waals surface area contributed by atoms with Crippen LogP contribution in [0.2, 0.25) is 0 Å². The molecule has 12 heavy (non-hydrogen) atoms. The molecule has 1 heterocycles. The zero-order valence-corrected chi connectivity index (χ0v) is 7.79. The summed E-state index contributed by atoms with van der Waals surface area (Å²) in [6, 6.07) is 0. The summed E-state index contributed by atoms with van der Waals surface area (Å²) in [5.41, 5.74) is 1.72. The molecule has 1 aromatic heterocycles. The summed E-state index contributed by atoms with van der Waals surface area (Å²) in [5, 5.41) is 4.02. The molecule has 0 radical (unpaired) electrons. The number of aryl methyl sites for hydroxylation is 1. The number of nitrogens with zero attached hydrogens (tertiary/aromatic N) is 2. The van der Waals surface area contributed by atoms with Gasteiger partial charge < -0.3 is 0 Å². The molecule has 3 nitrogen and oxygen atoms in total. The molecule has 1 rings (SSSR count). The summed E-state index contributed by atoms with van der Waals surface area (Å²) >= 11 is 0. The van der Waals surface area contributed by atoms with Crippen molar-refractivity contribution in [3.8, 4) is 0 Å². The summed E-state index contributed by atoms with van der Waals surface area (Å²) in [5.74, 6) is 0.197. The van der Waals surface area contributed by atoms with E-state index in [4.69, 9.17) is 0 Å². The molecule has 0 unspecified atom stereocenters. The van der Waals surface area contributed by atoms with E-state index in [2.05, 4.69) is 5.10 Å². The van der Waals surface area contributed by atoms with Gasteiger partial charge in [0, 0.05) is 19.2 Å². The van der Waals surface area contributed by atoms with E-state index in [1.54, 1.807) is 10.9 Å². The number of hydrogen-bond donors (Lipinski definition) is 0. The first-order chi connectivity index (χ1) is 5.66. The van der Waals surface area contributed by atoms with Gasteiger partial charge in [0.2, 0.25) is 0 Å². The van der Waals surface area contributed by atoms with Crippen LogP contribution >= 0.6 is 0 Å². The average molecular weight is 166 g/mol. The van der Waals surface area contributed by atoms with Gasteiger partial charge in [0.25, 0.3) is 0 Å². The van der Waals surface area contributed by atoms with Gasteiger partial charge >= 0.3 is 0 Å². The third-order valence-electron chi connectivity index (χ3n) is 2.01. The molecule has 0 saturated heterocycles. The van der Waals surface area contributed by atoms with E-state index >= 15 is 0 Å². The van der Waals surface area contributed by atoms with Crippen LogP contribution in [0.4, 0.5) is 0 Å². The van der Waals surface area contributed by atoms with Gasteiger partial charge in [-0.15, -0.1) is 0 Å². The van der Waals surface area contributed by atoms with Gasteiger partial charge in [-0.3, -0.25) is 9.48 Å². The Morgan fingerprint density at radius 1 is 1.67 bits per heavy atom. The van der Waals surface area contributed by atoms with Crippen LogP contribution in [0.3, 0.4) is 0 Å². The Hall–Kier alpha value is -1.12. The highest BCUT2D eigenvalue weighted by Gasteiger charge is 2.10. The van der Waals surface area contributed by atoms with E-state index in [-0.39, 0.29) is 5.78 Å². The van der Waals surface area contributed by atoms with Crippen molar-refractivity contribution in [2.24, 2.45) is 7.05 Å². The van der Waals surface area contributed by atoms with Crippen molar-refractivity contribution in [2.45, 2.75) is 26.7 Å². The number of carbonyl (C=O) groups is 1. The molecule has 0 aromatic carbocycles. The fraction of sp³-hybridized carbons (Fsp3) is 0.556. The molecule has 0 bridgehead atoms. The van der Waals surface area contributed by atoms with Crippen LogP contribution < -0.4 is 0 Å². The SMILES string of the molecule is CCCC(=O)c1cnn(C)c1C. The molecule has 0 spiro atoms. The van der Waals surface area contributed by atoms with Gasteiger partial charge in [-0.2, -0.15) is 5.10 Å². The zero-order chi connectivity index (χ0) is 9.14. The molecule has 1 aromatic rings. The second-order valence-corrected chi connectivity index (χ2v) is 2.94. The van der Waals surface area contributed by atoms with Crippen molar-refractivity contribution < 1.29 is 4.79 Å². The van der Waals surface area contributed by atoms with E-state index in [9.17, 15) is 4.79 Å². The highest BCUT2D eigenvalue weighted by Crippen LogP contribution is 2.09. The van der Waals surface area contributed by atoms with Crippen molar-refractivity contribution in [2.75, 3.05) is 0 Å². The molecule has 0 aliphatic heterocycles. The summed E-state index contributed by atoms with van der Waals surface area (Å²) in [7, 11) is 1.85. The maximum absolute atomic E-state index is 11.4. The van der Waals surface area contributed by atoms with Gasteiger partial charge in [0.05, 0.1) is 11.8 Å². The van der Waals surface area contributed by atoms with Crippen LogP contribution in [0.1, 0.15) is 35.8 Å². The predicted octanol–water partition coefficient (Wildman–Crippen LogP) is 1.71. The van der Waals surface area contributed by atoms with Crippen LogP contribution in [0.5, 0.6) is 0 Å². The number of ketones is 1. The molecule has 0 saturated carbocycles. The van der Waals surface area contributed by atoms with Crippen LogP contribution in [0.15, 0.2) is 6.20 Å². The molecular formula is C9H14N2O. The number of hydrogen-bond acceptors (Lipinski definition) is 2. The smallest absolute Gasteiger partial charge is 0.166 e. The highest BCUT2D eigenvalue weighted by atomic mass is 16.1. The van der Waals surface area contributed by atoms with Crippen molar-refractivity contribution in [1.82, 2.24) is 9.78 Å². The topological polar surface area (TPSA) is 34.9 Å². The minimum absolute atomic E-state index is 0.197. The standard InChI is InChI=1S/C9H14N2O/c1-4-5-9(12)8-6-10-11(3)7(8)2/h6H,4-5H2,1-3H3. The average Bonchev–Trinajstić information content (AvgIpc) is 2.34.